The van der Waals surface area contributed by atoms with E-state index < -0.39 is 31.2 Å². The van der Waals surface area contributed by atoms with Crippen molar-refractivity contribution in [2.75, 3.05) is 73.9 Å². The Hall–Kier alpha value is 1.58. The van der Waals surface area contributed by atoms with Gasteiger partial charge in [-0.05, 0) is 110 Å². The van der Waals surface area contributed by atoms with Crippen molar-refractivity contribution in [2.45, 2.75) is 128 Å². The first-order valence-corrected chi connectivity index (χ1v) is 30.8. The first kappa shape index (κ1) is 44.0. The molecule has 0 spiro atoms. The van der Waals surface area contributed by atoms with Crippen LogP contribution in [0.25, 0.3) is 0 Å². The molecule has 0 aromatic carbocycles. The maximum Gasteiger partial charge on any atom is 0.347 e. The van der Waals surface area contributed by atoms with Gasteiger partial charge in [-0.25, -0.2) is 8.15 Å². The lowest BCUT2D eigenvalue weighted by Gasteiger charge is -2.45. The predicted molar refractivity (Wildman–Crippen MR) is 220 cm³/mol. The van der Waals surface area contributed by atoms with E-state index in [1.807, 2.05) is 0 Å². The molecule has 6 unspecified atom stereocenters. The SMILES string of the molecule is O.O=[P+]1CCCCC[P+](=O)CC1.O=[P+]1CC[CH+]CC[P+](=O)CC1.S=S1N(C2CCCCC2)P2CCCCCP(CC2)N1C1CCCCC1. The molecular weight excluding hydrogens is 754 g/mol. The molecule has 6 aliphatic rings. The Bertz CT molecular complexity index is 922. The van der Waals surface area contributed by atoms with Crippen molar-refractivity contribution in [3.63, 3.8) is 0 Å². The van der Waals surface area contributed by atoms with Crippen LogP contribution in [0.1, 0.15) is 116 Å². The van der Waals surface area contributed by atoms with E-state index in [-0.39, 0.29) is 31.4 Å². The fraction of sp³-hybridized carbons (Fsp3) is 0.970. The molecule has 0 aromatic rings. The summed E-state index contributed by atoms with van der Waals surface area (Å²) in [4.78, 5) is 0. The molecule has 6 rings (SSSR count). The molecule has 7 nitrogen and oxygen atoms in total. The molecule has 6 atom stereocenters. The summed E-state index contributed by atoms with van der Waals surface area (Å²) in [5, 5.41) is 0. The monoisotopic (exact) mass is 819 g/mol. The lowest BCUT2D eigenvalue weighted by molar-refractivity contribution is 0.329. The summed E-state index contributed by atoms with van der Waals surface area (Å²) >= 11 is 6.45. The second-order valence-corrected chi connectivity index (χ2v) is 28.8. The molecule has 2 saturated carbocycles. The highest BCUT2D eigenvalue weighted by atomic mass is 32.8. The van der Waals surface area contributed by atoms with E-state index in [1.165, 1.54) is 108 Å². The fourth-order valence-corrected chi connectivity index (χ4v) is 26.4. The third-order valence-corrected chi connectivity index (χ3v) is 27.5. The molecule has 4 heterocycles. The second kappa shape index (κ2) is 25.6. The zero-order valence-electron chi connectivity index (χ0n) is 29.5. The quantitative estimate of drug-likeness (QED) is 0.202. The number of nitrogens with zero attached hydrogens (tertiary/aromatic N) is 2. The molecule has 0 aromatic heterocycles. The van der Waals surface area contributed by atoms with Crippen LogP contribution in [0, 0.1) is 6.42 Å². The van der Waals surface area contributed by atoms with Gasteiger partial charge in [0.2, 0.25) is 0 Å². The van der Waals surface area contributed by atoms with Gasteiger partial charge >= 0.3 is 31.2 Å². The molecule has 0 amide bonds. The highest BCUT2D eigenvalue weighted by molar-refractivity contribution is 8.29. The summed E-state index contributed by atoms with van der Waals surface area (Å²) in [5.74, 6) is 0. The molecule has 15 heteroatoms. The summed E-state index contributed by atoms with van der Waals surface area (Å²) in [5.41, 5.74) is 0. The van der Waals surface area contributed by atoms with Gasteiger partial charge in [-0.1, -0.05) is 63.2 Å². The molecule has 0 radical (unpaired) electrons. The minimum Gasteiger partial charge on any atom is -0.412 e. The number of hydrogen-bond donors (Lipinski definition) is 0. The fourth-order valence-electron chi connectivity index (χ4n) is 7.48. The van der Waals surface area contributed by atoms with Crippen LogP contribution in [0.3, 0.4) is 0 Å². The van der Waals surface area contributed by atoms with E-state index in [4.69, 9.17) is 11.2 Å². The van der Waals surface area contributed by atoms with Crippen molar-refractivity contribution in [3.05, 3.63) is 6.42 Å². The van der Waals surface area contributed by atoms with Gasteiger partial charge < -0.3 is 5.48 Å². The van der Waals surface area contributed by atoms with Crippen LogP contribution in [0.4, 0.5) is 0 Å². The van der Waals surface area contributed by atoms with Crippen molar-refractivity contribution in [2.24, 2.45) is 0 Å². The van der Waals surface area contributed by atoms with Gasteiger partial charge in [-0.3, -0.25) is 0 Å². The minimum atomic E-state index is -1.04. The topological polar surface area (TPSA) is 106 Å². The molecule has 4 aliphatic heterocycles. The van der Waals surface area contributed by atoms with Crippen molar-refractivity contribution in [3.8, 4) is 0 Å². The van der Waals surface area contributed by atoms with Gasteiger partial charge in [0.25, 0.3) is 0 Å². The van der Waals surface area contributed by atoms with E-state index in [1.54, 1.807) is 0 Å². The van der Waals surface area contributed by atoms with Gasteiger partial charge in [0.05, 0.1) is 6.42 Å². The Kier molecular flexibility index (Phi) is 23.4. The molecular formula is C33H65N2O5P6S2+5. The lowest BCUT2D eigenvalue weighted by Crippen LogP contribution is -2.44. The van der Waals surface area contributed by atoms with Crippen LogP contribution in [-0.4, -0.2) is 99.7 Å². The molecule has 2 bridgehead atoms. The summed E-state index contributed by atoms with van der Waals surface area (Å²) in [7, 11) is -4.01. The standard InChI is InChI=1S/C19H36N2P2S2.C7H14O2P2.C7H13O2P2.H2O/c24-25-20(18-10-4-1-5-11-18)22-14-8-3-9-15-23(17-16-22)21(25)19-12-6-2-7-13-19;2*8-10-4-2-1-3-5-11(9)7-6-10;/h18-19H,1-17H2;1-7H2;1H,2-7H2;1H2/q;+2;+3;. The second-order valence-electron chi connectivity index (χ2n) is 14.0. The van der Waals surface area contributed by atoms with Gasteiger partial charge in [0.15, 0.2) is 37.0 Å². The Morgan fingerprint density at radius 3 is 1.25 bits per heavy atom. The van der Waals surface area contributed by atoms with Crippen molar-refractivity contribution >= 4 is 68.4 Å². The zero-order chi connectivity index (χ0) is 33.3. The third-order valence-electron chi connectivity index (χ3n) is 10.3. The summed E-state index contributed by atoms with van der Waals surface area (Å²) in [6, 6.07) is 1.67. The van der Waals surface area contributed by atoms with Crippen molar-refractivity contribution in [1.29, 1.82) is 0 Å². The van der Waals surface area contributed by atoms with Gasteiger partial charge in [0, 0.05) is 21.9 Å². The Morgan fingerprint density at radius 2 is 0.833 bits per heavy atom. The van der Waals surface area contributed by atoms with E-state index >= 15 is 0 Å². The maximum atomic E-state index is 11.2. The highest BCUT2D eigenvalue weighted by Gasteiger charge is 2.41. The van der Waals surface area contributed by atoms with Gasteiger partial charge in [0.1, 0.15) is 25.2 Å². The van der Waals surface area contributed by atoms with Crippen LogP contribution < -0.4 is 0 Å². The van der Waals surface area contributed by atoms with Crippen LogP contribution in [0.5, 0.6) is 0 Å². The first-order valence-electron chi connectivity index (χ1n) is 18.9. The van der Waals surface area contributed by atoms with Crippen molar-refractivity contribution in [1.82, 2.24) is 8.15 Å². The van der Waals surface area contributed by atoms with Crippen LogP contribution >= 0.6 is 47.3 Å². The highest BCUT2D eigenvalue weighted by Crippen LogP contribution is 2.59. The zero-order valence-corrected chi connectivity index (χ0v) is 36.5. The summed E-state index contributed by atoms with van der Waals surface area (Å²) in [6.45, 7) is 0. The van der Waals surface area contributed by atoms with E-state index in [2.05, 4.69) is 14.6 Å². The van der Waals surface area contributed by atoms with Crippen LogP contribution in [0.15, 0.2) is 0 Å². The molecule has 274 valence electrons. The third kappa shape index (κ3) is 15.9. The minimum absolute atomic E-state index is 0. The van der Waals surface area contributed by atoms with Gasteiger partial charge in [-0.2, -0.15) is 0 Å². The predicted octanol–water partition coefficient (Wildman–Crippen LogP) is 10.8. The number of fused-ring (bicyclic) bond motifs is 3. The number of rotatable bonds is 2. The van der Waals surface area contributed by atoms with Crippen LogP contribution in [0.2, 0.25) is 0 Å². The molecule has 48 heavy (non-hydrogen) atoms. The van der Waals surface area contributed by atoms with Crippen molar-refractivity contribution < 1.29 is 23.7 Å². The summed E-state index contributed by atoms with van der Waals surface area (Å²) in [6.07, 6.45) is 38.3. The van der Waals surface area contributed by atoms with Crippen LogP contribution in [-0.2, 0) is 39.3 Å². The smallest absolute Gasteiger partial charge is 0.347 e. The lowest BCUT2D eigenvalue weighted by atomic mass is 9.96. The van der Waals surface area contributed by atoms with E-state index in [0.29, 0.717) is 24.6 Å². The first-order chi connectivity index (χ1) is 22.9. The molecule has 2 aliphatic carbocycles. The average molecular weight is 820 g/mol. The maximum absolute atomic E-state index is 11.2. The normalized spacial score (nSPS) is 32.8. The van der Waals surface area contributed by atoms with Gasteiger partial charge in [-0.15, -0.1) is 0 Å². The Morgan fingerprint density at radius 1 is 0.479 bits per heavy atom. The average Bonchev–Trinajstić information content (AvgIpc) is 3.22. The molecule has 4 saturated heterocycles. The Labute approximate surface area is 306 Å². The summed E-state index contributed by atoms with van der Waals surface area (Å²) < 4.78 is 50.6. The molecule has 6 fully saturated rings. The molecule has 2 N–H and O–H groups in total. The Balaban J connectivity index is 0.000000226. The van der Waals surface area contributed by atoms with E-state index in [0.717, 1.165) is 68.8 Å². The van der Waals surface area contributed by atoms with E-state index in [9.17, 15) is 18.3 Å². The largest absolute Gasteiger partial charge is 0.412 e. The number of hydrogen-bond acceptors (Lipinski definition) is 5.